The van der Waals surface area contributed by atoms with Crippen LogP contribution in [-0.2, 0) is 12.8 Å². The number of aromatic nitrogens is 3. The number of anilines is 3. The third-order valence-corrected chi connectivity index (χ3v) is 10.4. The van der Waals surface area contributed by atoms with Gasteiger partial charge < -0.3 is 24.9 Å². The molecule has 0 aliphatic carbocycles. The highest BCUT2D eigenvalue weighted by Gasteiger charge is 2.42. The quantitative estimate of drug-likeness (QED) is 0.126. The van der Waals surface area contributed by atoms with Crippen LogP contribution in [0.1, 0.15) is 39.3 Å². The molecule has 0 aliphatic rings. The van der Waals surface area contributed by atoms with Crippen molar-refractivity contribution in [2.45, 2.75) is 30.1 Å². The lowest BCUT2D eigenvalue weighted by molar-refractivity contribution is -0.637. The first-order chi connectivity index (χ1) is 25.9. The van der Waals surface area contributed by atoms with E-state index in [4.69, 9.17) is 0 Å². The highest BCUT2D eigenvalue weighted by atomic mass is 32.2. The van der Waals surface area contributed by atoms with Gasteiger partial charge in [-0.1, -0.05) is 49.5 Å². The molecule has 55 heavy (non-hydrogen) atoms. The summed E-state index contributed by atoms with van der Waals surface area (Å²) in [6.07, 6.45) is 12.6. The smallest absolute Gasteiger partial charge is 0.343 e. The lowest BCUT2D eigenvalue weighted by Gasteiger charge is -2.18. The molecule has 11 heteroatoms. The lowest BCUT2D eigenvalue weighted by Crippen LogP contribution is -2.44. The summed E-state index contributed by atoms with van der Waals surface area (Å²) in [5, 5.41) is 20.9. The van der Waals surface area contributed by atoms with Crippen LogP contribution in [0.2, 0.25) is 0 Å². The van der Waals surface area contributed by atoms with Crippen molar-refractivity contribution >= 4 is 40.8 Å². The van der Waals surface area contributed by atoms with E-state index in [9.17, 15) is 19.8 Å². The summed E-state index contributed by atoms with van der Waals surface area (Å²) in [6, 6.07) is 28.9. The van der Waals surface area contributed by atoms with Crippen LogP contribution in [0, 0.1) is 0 Å². The molecule has 0 spiro atoms. The number of hydrogen-bond donors (Lipinski definition) is 2. The second-order valence-electron chi connectivity index (χ2n) is 13.5. The molecule has 3 aromatic heterocycles. The molecule has 0 bridgehead atoms. The number of rotatable bonds is 13. The Morgan fingerprint density at radius 3 is 1.40 bits per heavy atom. The van der Waals surface area contributed by atoms with Gasteiger partial charge in [0, 0.05) is 106 Å². The zero-order valence-corrected chi connectivity index (χ0v) is 32.2. The van der Waals surface area contributed by atoms with E-state index >= 15 is 0 Å². The normalized spacial score (nSPS) is 10.7. The van der Waals surface area contributed by atoms with Gasteiger partial charge in [-0.05, 0) is 42.7 Å². The van der Waals surface area contributed by atoms with Gasteiger partial charge in [0.2, 0.25) is 5.69 Å². The summed E-state index contributed by atoms with van der Waals surface area (Å²) in [5.41, 5.74) is 6.90. The van der Waals surface area contributed by atoms with E-state index in [1.807, 2.05) is 162 Å². The lowest BCUT2D eigenvalue weighted by atomic mass is 9.94. The van der Waals surface area contributed by atoms with Gasteiger partial charge in [-0.15, -0.1) is 0 Å². The molecule has 0 saturated heterocycles. The van der Waals surface area contributed by atoms with Crippen molar-refractivity contribution in [2.75, 3.05) is 57.0 Å². The van der Waals surface area contributed by atoms with Gasteiger partial charge in [-0.3, -0.25) is 0 Å². The molecular weight excluding hydrogens is 709 g/mol. The Bertz CT molecular complexity index is 2260. The maximum absolute atomic E-state index is 13.9. The molecule has 0 amide bonds. The first-order valence-corrected chi connectivity index (χ1v) is 18.3. The molecule has 0 fully saturated rings. The van der Waals surface area contributed by atoms with Crippen LogP contribution < -0.4 is 28.4 Å². The molecule has 3 heterocycles. The van der Waals surface area contributed by atoms with Crippen molar-refractivity contribution < 1.29 is 33.5 Å². The largest absolute Gasteiger partial charge is 0.478 e. The van der Waals surface area contributed by atoms with Crippen LogP contribution in [0.15, 0.2) is 138 Å². The minimum Gasteiger partial charge on any atom is -0.478 e. The molecule has 2 N–H and O–H groups in total. The highest BCUT2D eigenvalue weighted by molar-refractivity contribution is 7.99. The fourth-order valence-electron chi connectivity index (χ4n) is 6.36. The number of benzene rings is 3. The molecule has 0 unspecified atom stereocenters. The Labute approximate surface area is 327 Å². The van der Waals surface area contributed by atoms with Crippen LogP contribution in [0.3, 0.4) is 0 Å². The van der Waals surface area contributed by atoms with E-state index in [-0.39, 0.29) is 18.6 Å². The van der Waals surface area contributed by atoms with Crippen molar-refractivity contribution in [1.29, 1.82) is 0 Å². The summed E-state index contributed by atoms with van der Waals surface area (Å²) < 4.78 is 5.94. The van der Waals surface area contributed by atoms with E-state index in [1.165, 1.54) is 0 Å². The van der Waals surface area contributed by atoms with Gasteiger partial charge in [-0.2, -0.15) is 13.7 Å². The second kappa shape index (κ2) is 17.3. The van der Waals surface area contributed by atoms with Crippen molar-refractivity contribution in [3.63, 3.8) is 0 Å². The Morgan fingerprint density at radius 2 is 0.982 bits per heavy atom. The van der Waals surface area contributed by atoms with Crippen LogP contribution in [0.5, 0.6) is 0 Å². The summed E-state index contributed by atoms with van der Waals surface area (Å²) >= 11 is 1.59. The number of aromatic carboxylic acids is 2. The second-order valence-corrected chi connectivity index (χ2v) is 14.6. The van der Waals surface area contributed by atoms with Crippen LogP contribution >= 0.6 is 11.8 Å². The maximum Gasteiger partial charge on any atom is 0.343 e. The van der Waals surface area contributed by atoms with Gasteiger partial charge in [0.05, 0.1) is 5.56 Å². The van der Waals surface area contributed by atoms with E-state index in [1.54, 1.807) is 36.0 Å². The van der Waals surface area contributed by atoms with Crippen LogP contribution in [0.4, 0.5) is 17.1 Å². The van der Waals surface area contributed by atoms with Crippen molar-refractivity contribution in [1.82, 2.24) is 0 Å². The number of nitrogens with zero attached hydrogens (tertiary/aromatic N) is 6. The monoisotopic (exact) mass is 757 g/mol. The Hall–Kier alpha value is -6.20. The molecular formula is C44H49N6O4S+3. The van der Waals surface area contributed by atoms with Gasteiger partial charge in [-0.25, -0.2) is 9.59 Å². The van der Waals surface area contributed by atoms with Gasteiger partial charge in [0.1, 0.15) is 5.56 Å². The summed E-state index contributed by atoms with van der Waals surface area (Å²) in [5.74, 6) is -2.05. The minimum absolute atomic E-state index is 0. The SMILES string of the molecule is C.CN(C)c1cc[n+](-c2c(CCc3ccc(C(=O)O)cc3)c(C(=O)O)c(-[n+]3ccc(N(C)C)cc3)c(-[n+]3ccc(N(C)C)cc3)c2Sc2ccccc2)cc1. The fourth-order valence-corrected chi connectivity index (χ4v) is 7.51. The zero-order valence-electron chi connectivity index (χ0n) is 31.3. The first kappa shape index (κ1) is 40.0. The van der Waals surface area contributed by atoms with Crippen molar-refractivity contribution in [3.8, 4) is 17.1 Å². The summed E-state index contributed by atoms with van der Waals surface area (Å²) in [6.45, 7) is 0. The molecule has 0 atom stereocenters. The van der Waals surface area contributed by atoms with E-state index in [0.717, 1.165) is 38.1 Å². The molecule has 10 nitrogen and oxygen atoms in total. The molecule has 3 aromatic carbocycles. The van der Waals surface area contributed by atoms with E-state index in [2.05, 4.69) is 12.1 Å². The van der Waals surface area contributed by atoms with Crippen LogP contribution in [-0.4, -0.2) is 64.4 Å². The number of carbonyl (C=O) groups is 2. The van der Waals surface area contributed by atoms with Crippen molar-refractivity contribution in [2.24, 2.45) is 0 Å². The standard InChI is InChI=1S/C43H43N6O4S.CH4/c1-44(2)32-18-24-47(25-19-32)38-36(17-14-30-12-15-31(16-13-30)42(50)51)37(43(52)53)39(48-26-20-33(21-27-48)45(3)4)40(41(38)54-35-10-8-7-9-11-35)49-28-22-34(23-29-49)46(5)6;/h7-13,15-16,18-29H,14,17H2,1-6H3;1H4/q+1;/p+2. The van der Waals surface area contributed by atoms with E-state index in [0.29, 0.717) is 29.8 Å². The highest BCUT2D eigenvalue weighted by Crippen LogP contribution is 2.41. The van der Waals surface area contributed by atoms with Gasteiger partial charge in [0.25, 0.3) is 5.69 Å². The minimum atomic E-state index is -1.06. The van der Waals surface area contributed by atoms with Crippen molar-refractivity contribution in [3.05, 3.63) is 150 Å². The Balaban J connectivity index is 0.00000580. The van der Waals surface area contributed by atoms with Gasteiger partial charge in [0.15, 0.2) is 42.1 Å². The van der Waals surface area contributed by atoms with Crippen LogP contribution in [0.25, 0.3) is 17.1 Å². The predicted octanol–water partition coefficient (Wildman–Crippen LogP) is 6.68. The number of hydrogen-bond acceptors (Lipinski definition) is 6. The first-order valence-electron chi connectivity index (χ1n) is 17.5. The number of carboxylic acids is 2. The number of pyridine rings is 3. The number of carboxylic acid groups (broad SMARTS) is 2. The number of aryl methyl sites for hydroxylation is 1. The Morgan fingerprint density at radius 1 is 0.545 bits per heavy atom. The molecule has 0 radical (unpaired) electrons. The average molecular weight is 758 g/mol. The molecule has 0 saturated carbocycles. The molecule has 282 valence electrons. The predicted molar refractivity (Wildman–Crippen MR) is 219 cm³/mol. The van der Waals surface area contributed by atoms with Gasteiger partial charge >= 0.3 is 17.6 Å². The van der Waals surface area contributed by atoms with E-state index < -0.39 is 11.9 Å². The third-order valence-electron chi connectivity index (χ3n) is 9.28. The average Bonchev–Trinajstić information content (AvgIpc) is 3.17. The molecule has 6 aromatic rings. The maximum atomic E-state index is 13.9. The summed E-state index contributed by atoms with van der Waals surface area (Å²) in [4.78, 5) is 33.5. The topological polar surface area (TPSA) is 96.0 Å². The fraction of sp³-hybridized carbons (Fsp3) is 0.205. The zero-order chi connectivity index (χ0) is 38.5. The Kier molecular flexibility index (Phi) is 12.6. The summed E-state index contributed by atoms with van der Waals surface area (Å²) in [7, 11) is 11.9. The molecule has 0 aliphatic heterocycles. The third kappa shape index (κ3) is 8.79. The molecule has 6 rings (SSSR count).